The summed E-state index contributed by atoms with van der Waals surface area (Å²) in [6.45, 7) is 3.38. The summed E-state index contributed by atoms with van der Waals surface area (Å²) >= 11 is 0. The summed E-state index contributed by atoms with van der Waals surface area (Å²) in [6.07, 6.45) is 0. The maximum absolute atomic E-state index is 12.2. The van der Waals surface area contributed by atoms with Crippen LogP contribution in [-0.4, -0.2) is 43.3 Å². The zero-order valence-electron chi connectivity index (χ0n) is 15.3. The Hall–Kier alpha value is -3.28. The molecule has 1 aliphatic rings. The molecule has 1 aromatic heterocycles. The van der Waals surface area contributed by atoms with Crippen LogP contribution in [-0.2, 0) is 0 Å². The summed E-state index contributed by atoms with van der Waals surface area (Å²) in [5.74, 6) is 1.36. The standard InChI is InChI=1S/C21H22N4O2/c1-27-18-9-5-6-16(14-18)19-15-20(26)23-21(22-19)25-12-10-24(11-13-25)17-7-3-2-4-8-17/h2-9,14-15H,10-13H2,1H3,(H,22,23,26). The van der Waals surface area contributed by atoms with Crippen LogP contribution in [0.3, 0.4) is 0 Å². The molecule has 0 amide bonds. The first-order valence-corrected chi connectivity index (χ1v) is 9.04. The number of methoxy groups -OCH3 is 1. The fourth-order valence-corrected chi connectivity index (χ4v) is 3.34. The van der Waals surface area contributed by atoms with Crippen molar-refractivity contribution in [3.8, 4) is 17.0 Å². The van der Waals surface area contributed by atoms with Crippen molar-refractivity contribution in [3.05, 3.63) is 71.0 Å². The number of aromatic amines is 1. The molecule has 4 rings (SSSR count). The smallest absolute Gasteiger partial charge is 0.252 e. The van der Waals surface area contributed by atoms with Crippen molar-refractivity contribution >= 4 is 11.6 Å². The average molecular weight is 362 g/mol. The van der Waals surface area contributed by atoms with Gasteiger partial charge in [-0.1, -0.05) is 30.3 Å². The SMILES string of the molecule is COc1cccc(-c2cc(=O)[nH]c(N3CCN(c4ccccc4)CC3)n2)c1. The van der Waals surface area contributed by atoms with Gasteiger partial charge in [-0.2, -0.15) is 0 Å². The van der Waals surface area contributed by atoms with E-state index in [0.717, 1.165) is 37.5 Å². The minimum atomic E-state index is -0.150. The van der Waals surface area contributed by atoms with Gasteiger partial charge in [-0.15, -0.1) is 0 Å². The van der Waals surface area contributed by atoms with E-state index in [1.807, 2.05) is 30.3 Å². The molecule has 0 aliphatic carbocycles. The summed E-state index contributed by atoms with van der Waals surface area (Å²) in [7, 11) is 1.63. The molecule has 138 valence electrons. The number of anilines is 2. The van der Waals surface area contributed by atoms with Gasteiger partial charge in [0.1, 0.15) is 5.75 Å². The van der Waals surface area contributed by atoms with Gasteiger partial charge in [-0.25, -0.2) is 4.98 Å². The number of piperazine rings is 1. The minimum absolute atomic E-state index is 0.150. The summed E-state index contributed by atoms with van der Waals surface area (Å²) in [6, 6.07) is 19.5. The van der Waals surface area contributed by atoms with Crippen molar-refractivity contribution in [3.63, 3.8) is 0 Å². The first-order valence-electron chi connectivity index (χ1n) is 9.04. The molecule has 0 radical (unpaired) electrons. The van der Waals surface area contributed by atoms with Crippen LogP contribution >= 0.6 is 0 Å². The van der Waals surface area contributed by atoms with Crippen molar-refractivity contribution in [2.45, 2.75) is 0 Å². The van der Waals surface area contributed by atoms with Crippen LogP contribution in [0, 0.1) is 0 Å². The Morgan fingerprint density at radius 2 is 1.67 bits per heavy atom. The van der Waals surface area contributed by atoms with Crippen LogP contribution in [0.5, 0.6) is 5.75 Å². The molecule has 6 heteroatoms. The Bertz CT molecular complexity index is 963. The Morgan fingerprint density at radius 3 is 2.41 bits per heavy atom. The quantitative estimate of drug-likeness (QED) is 0.773. The Balaban J connectivity index is 1.55. The molecule has 3 aromatic rings. The predicted molar refractivity (Wildman–Crippen MR) is 108 cm³/mol. The molecule has 1 fully saturated rings. The van der Waals surface area contributed by atoms with Crippen LogP contribution in [0.2, 0.25) is 0 Å². The molecule has 27 heavy (non-hydrogen) atoms. The van der Waals surface area contributed by atoms with E-state index in [9.17, 15) is 4.79 Å². The van der Waals surface area contributed by atoms with E-state index in [1.54, 1.807) is 7.11 Å². The van der Waals surface area contributed by atoms with Gasteiger partial charge in [-0.3, -0.25) is 9.78 Å². The second-order valence-electron chi connectivity index (χ2n) is 6.50. The molecule has 1 saturated heterocycles. The van der Waals surface area contributed by atoms with E-state index in [-0.39, 0.29) is 5.56 Å². The molecule has 0 bridgehead atoms. The monoisotopic (exact) mass is 362 g/mol. The van der Waals surface area contributed by atoms with Gasteiger partial charge in [0.25, 0.3) is 5.56 Å². The first kappa shape index (κ1) is 17.1. The number of nitrogens with one attached hydrogen (secondary N) is 1. The summed E-state index contributed by atoms with van der Waals surface area (Å²) in [5.41, 5.74) is 2.59. The van der Waals surface area contributed by atoms with Crippen LogP contribution in [0.1, 0.15) is 0 Å². The van der Waals surface area contributed by atoms with Crippen molar-refractivity contribution < 1.29 is 4.74 Å². The lowest BCUT2D eigenvalue weighted by molar-refractivity contribution is 0.415. The van der Waals surface area contributed by atoms with Crippen LogP contribution < -0.4 is 20.1 Å². The van der Waals surface area contributed by atoms with Gasteiger partial charge >= 0.3 is 0 Å². The van der Waals surface area contributed by atoms with Crippen LogP contribution in [0.25, 0.3) is 11.3 Å². The third-order valence-electron chi connectivity index (χ3n) is 4.80. The number of H-pyrrole nitrogens is 1. The molecular formula is C21H22N4O2. The van der Waals surface area contributed by atoms with E-state index >= 15 is 0 Å². The lowest BCUT2D eigenvalue weighted by Crippen LogP contribution is -2.47. The lowest BCUT2D eigenvalue weighted by Gasteiger charge is -2.36. The van der Waals surface area contributed by atoms with Gasteiger partial charge in [0.15, 0.2) is 0 Å². The van der Waals surface area contributed by atoms with Gasteiger partial charge in [0, 0.05) is 43.5 Å². The van der Waals surface area contributed by atoms with Crippen LogP contribution in [0.15, 0.2) is 65.5 Å². The van der Waals surface area contributed by atoms with Crippen molar-refractivity contribution in [1.82, 2.24) is 9.97 Å². The number of hydrogen-bond acceptors (Lipinski definition) is 5. The molecule has 0 unspecified atom stereocenters. The average Bonchev–Trinajstić information content (AvgIpc) is 2.74. The Kier molecular flexibility index (Phi) is 4.78. The van der Waals surface area contributed by atoms with Gasteiger partial charge in [0.05, 0.1) is 12.8 Å². The van der Waals surface area contributed by atoms with Crippen molar-refractivity contribution in [2.24, 2.45) is 0 Å². The number of benzene rings is 2. The number of aromatic nitrogens is 2. The number of nitrogens with zero attached hydrogens (tertiary/aromatic N) is 3. The minimum Gasteiger partial charge on any atom is -0.497 e. The second kappa shape index (κ2) is 7.53. The molecule has 6 nitrogen and oxygen atoms in total. The number of hydrogen-bond donors (Lipinski definition) is 1. The molecule has 1 N–H and O–H groups in total. The molecule has 0 saturated carbocycles. The molecule has 1 aliphatic heterocycles. The van der Waals surface area contributed by atoms with E-state index < -0.39 is 0 Å². The normalized spacial score (nSPS) is 14.3. The third kappa shape index (κ3) is 3.79. The van der Waals surface area contributed by atoms with Crippen molar-refractivity contribution in [1.29, 1.82) is 0 Å². The Labute approximate surface area is 158 Å². The maximum Gasteiger partial charge on any atom is 0.252 e. The highest BCUT2D eigenvalue weighted by molar-refractivity contribution is 5.62. The largest absolute Gasteiger partial charge is 0.497 e. The van der Waals surface area contributed by atoms with E-state index in [1.165, 1.54) is 11.8 Å². The van der Waals surface area contributed by atoms with Gasteiger partial charge < -0.3 is 14.5 Å². The lowest BCUT2D eigenvalue weighted by atomic mass is 10.1. The number of para-hydroxylation sites is 1. The highest BCUT2D eigenvalue weighted by Gasteiger charge is 2.19. The highest BCUT2D eigenvalue weighted by atomic mass is 16.5. The summed E-state index contributed by atoms with van der Waals surface area (Å²) in [4.78, 5) is 24.3. The van der Waals surface area contributed by atoms with E-state index in [4.69, 9.17) is 9.72 Å². The topological polar surface area (TPSA) is 61.5 Å². The zero-order chi connectivity index (χ0) is 18.6. The fourth-order valence-electron chi connectivity index (χ4n) is 3.34. The van der Waals surface area contributed by atoms with E-state index in [0.29, 0.717) is 11.6 Å². The van der Waals surface area contributed by atoms with Crippen LogP contribution in [0.4, 0.5) is 11.6 Å². The Morgan fingerprint density at radius 1 is 0.926 bits per heavy atom. The molecule has 2 aromatic carbocycles. The third-order valence-corrected chi connectivity index (χ3v) is 4.80. The maximum atomic E-state index is 12.2. The first-order chi connectivity index (χ1) is 13.2. The molecule has 0 atom stereocenters. The highest BCUT2D eigenvalue weighted by Crippen LogP contribution is 2.23. The van der Waals surface area contributed by atoms with Gasteiger partial charge in [0.2, 0.25) is 5.95 Å². The fraction of sp³-hybridized carbons (Fsp3) is 0.238. The summed E-state index contributed by atoms with van der Waals surface area (Å²) < 4.78 is 5.28. The molecular weight excluding hydrogens is 340 g/mol. The molecule has 2 heterocycles. The van der Waals surface area contributed by atoms with E-state index in [2.05, 4.69) is 39.0 Å². The second-order valence-corrected chi connectivity index (χ2v) is 6.50. The summed E-state index contributed by atoms with van der Waals surface area (Å²) in [5, 5.41) is 0. The zero-order valence-corrected chi connectivity index (χ0v) is 15.3. The number of rotatable bonds is 4. The van der Waals surface area contributed by atoms with Gasteiger partial charge in [-0.05, 0) is 24.3 Å². The number of ether oxygens (including phenoxy) is 1. The van der Waals surface area contributed by atoms with Crippen molar-refractivity contribution in [2.75, 3.05) is 43.1 Å². The molecule has 0 spiro atoms. The predicted octanol–water partition coefficient (Wildman–Crippen LogP) is 2.77.